The fourth-order valence-corrected chi connectivity index (χ4v) is 3.62. The van der Waals surface area contributed by atoms with Gasteiger partial charge in [0.15, 0.2) is 0 Å². The van der Waals surface area contributed by atoms with E-state index < -0.39 is 5.60 Å². The number of methoxy groups -OCH3 is 1. The first-order valence-electron chi connectivity index (χ1n) is 7.49. The van der Waals surface area contributed by atoms with Gasteiger partial charge in [-0.15, -0.1) is 5.60 Å². The molecule has 1 saturated carbocycles. The van der Waals surface area contributed by atoms with Crippen molar-refractivity contribution < 1.29 is 33.4 Å². The molecule has 1 saturated heterocycles. The third-order valence-corrected chi connectivity index (χ3v) is 5.23. The van der Waals surface area contributed by atoms with E-state index in [-0.39, 0.29) is 30.5 Å². The Kier molecular flexibility index (Phi) is 6.59. The summed E-state index contributed by atoms with van der Waals surface area (Å²) in [5, 5.41) is 12.8. The van der Waals surface area contributed by atoms with E-state index in [1.807, 2.05) is 6.92 Å². The van der Waals surface area contributed by atoms with Crippen molar-refractivity contribution >= 4 is 0 Å². The molecule has 112 valence electrons. The maximum absolute atomic E-state index is 12.8. The minimum Gasteiger partial charge on any atom is -0.849 e. The minimum absolute atomic E-state index is 0. The maximum Gasteiger partial charge on any atom is 1.00 e. The molecule has 0 N–H and O–H groups in total. The summed E-state index contributed by atoms with van der Waals surface area (Å²) in [6.07, 6.45) is 2.42. The summed E-state index contributed by atoms with van der Waals surface area (Å²) in [7, 11) is 1.80. The first-order valence-corrected chi connectivity index (χ1v) is 7.49. The molecule has 0 aromatic carbocycles. The van der Waals surface area contributed by atoms with Crippen LogP contribution in [0, 0.1) is 5.92 Å². The number of ether oxygens (including phenoxy) is 2. The van der Waals surface area contributed by atoms with Gasteiger partial charge in [0.1, 0.15) is 0 Å². The molecule has 2 aliphatic rings. The molecule has 3 atom stereocenters. The summed E-state index contributed by atoms with van der Waals surface area (Å²) >= 11 is 0. The second kappa shape index (κ2) is 7.13. The summed E-state index contributed by atoms with van der Waals surface area (Å²) in [5.74, 6) is 0.442. The molecule has 0 aromatic rings. The Balaban J connectivity index is 0.00000200. The zero-order valence-electron chi connectivity index (χ0n) is 13.8. The van der Waals surface area contributed by atoms with E-state index in [9.17, 15) is 5.11 Å². The zero-order chi connectivity index (χ0) is 14.1. The van der Waals surface area contributed by atoms with Crippen LogP contribution in [0.1, 0.15) is 40.0 Å². The van der Waals surface area contributed by atoms with Crippen LogP contribution in [0.5, 0.6) is 0 Å². The number of nitrogens with zero attached hydrogens (tertiary/aromatic N) is 1. The van der Waals surface area contributed by atoms with Gasteiger partial charge in [-0.1, -0.05) is 27.2 Å². The Morgan fingerprint density at radius 1 is 1.25 bits per heavy atom. The second-order valence-corrected chi connectivity index (χ2v) is 6.60. The van der Waals surface area contributed by atoms with Crippen LogP contribution in [-0.4, -0.2) is 55.6 Å². The van der Waals surface area contributed by atoms with E-state index in [0.717, 1.165) is 39.1 Å². The molecule has 0 spiro atoms. The number of hydrogen-bond acceptors (Lipinski definition) is 4. The molecule has 4 nitrogen and oxygen atoms in total. The molecule has 2 fully saturated rings. The van der Waals surface area contributed by atoms with Crippen LogP contribution in [0.4, 0.5) is 0 Å². The van der Waals surface area contributed by atoms with Crippen LogP contribution in [-0.2, 0) is 9.47 Å². The number of rotatable bonds is 3. The first kappa shape index (κ1) is 18.5. The molecule has 5 heteroatoms. The average Bonchev–Trinajstić information content (AvgIpc) is 2.40. The Labute approximate surface area is 135 Å². The first-order chi connectivity index (χ1) is 8.91. The Bertz CT molecular complexity index is 305. The monoisotopic (exact) mass is 277 g/mol. The third kappa shape index (κ3) is 3.60. The molecule has 2 rings (SSSR count). The predicted octanol–water partition coefficient (Wildman–Crippen LogP) is -1.96. The van der Waals surface area contributed by atoms with Crippen LogP contribution < -0.4 is 24.0 Å². The van der Waals surface area contributed by atoms with E-state index in [1.54, 1.807) is 7.11 Å². The summed E-state index contributed by atoms with van der Waals surface area (Å²) < 4.78 is 11.3. The number of hydrogen-bond donors (Lipinski definition) is 0. The van der Waals surface area contributed by atoms with Crippen molar-refractivity contribution in [2.45, 2.75) is 57.3 Å². The number of morpholine rings is 1. The summed E-state index contributed by atoms with van der Waals surface area (Å²) in [5.41, 5.74) is -0.999. The summed E-state index contributed by atoms with van der Waals surface area (Å²) in [6.45, 7) is 9.51. The van der Waals surface area contributed by atoms with Gasteiger partial charge in [0, 0.05) is 26.2 Å². The Morgan fingerprint density at radius 2 is 1.85 bits per heavy atom. The van der Waals surface area contributed by atoms with Crippen molar-refractivity contribution in [3.05, 3.63) is 0 Å². The molecule has 0 unspecified atom stereocenters. The normalized spacial score (nSPS) is 39.6. The van der Waals surface area contributed by atoms with Gasteiger partial charge in [0.2, 0.25) is 0 Å². The predicted molar refractivity (Wildman–Crippen MR) is 73.0 cm³/mol. The maximum atomic E-state index is 12.8. The standard InChI is InChI=1S/C15H28NO3.Li/c1-12(2)15(18-4)6-5-14(3,17)13(11-15)16-7-9-19-10-8-16;/h12-13H,5-11H2,1-4H3;/q-1;+1/t13-,14-,15-;/m0./s1. The largest absolute Gasteiger partial charge is 1.00 e. The van der Waals surface area contributed by atoms with Crippen molar-refractivity contribution in [1.82, 2.24) is 4.90 Å². The van der Waals surface area contributed by atoms with Gasteiger partial charge < -0.3 is 14.6 Å². The van der Waals surface area contributed by atoms with E-state index >= 15 is 0 Å². The van der Waals surface area contributed by atoms with E-state index in [2.05, 4.69) is 18.7 Å². The summed E-state index contributed by atoms with van der Waals surface area (Å²) in [4.78, 5) is 2.33. The van der Waals surface area contributed by atoms with E-state index in [4.69, 9.17) is 9.47 Å². The molecule has 20 heavy (non-hydrogen) atoms. The van der Waals surface area contributed by atoms with Crippen LogP contribution in [0.25, 0.3) is 0 Å². The Hall–Kier alpha value is 0.437. The van der Waals surface area contributed by atoms with Crippen molar-refractivity contribution in [2.75, 3.05) is 33.4 Å². The van der Waals surface area contributed by atoms with Crippen molar-refractivity contribution in [1.29, 1.82) is 0 Å². The molecule has 1 aliphatic carbocycles. The Morgan fingerprint density at radius 3 is 2.35 bits per heavy atom. The van der Waals surface area contributed by atoms with E-state index in [0.29, 0.717) is 12.3 Å². The van der Waals surface area contributed by atoms with E-state index in [1.165, 1.54) is 0 Å². The molecule has 0 amide bonds. The molecule has 1 aliphatic heterocycles. The summed E-state index contributed by atoms with van der Waals surface area (Å²) in [6, 6.07) is 0.0625. The van der Waals surface area contributed by atoms with Gasteiger partial charge in [0.25, 0.3) is 0 Å². The van der Waals surface area contributed by atoms with Crippen LogP contribution in [0.15, 0.2) is 0 Å². The molecule has 1 heterocycles. The minimum atomic E-state index is -0.867. The molecule has 0 aromatic heterocycles. The van der Waals surface area contributed by atoms with Crippen LogP contribution in [0.3, 0.4) is 0 Å². The molecule has 0 radical (unpaired) electrons. The second-order valence-electron chi connectivity index (χ2n) is 6.60. The fourth-order valence-electron chi connectivity index (χ4n) is 3.62. The van der Waals surface area contributed by atoms with Crippen molar-refractivity contribution in [3.8, 4) is 0 Å². The van der Waals surface area contributed by atoms with Gasteiger partial charge in [-0.2, -0.15) is 0 Å². The topological polar surface area (TPSA) is 44.8 Å². The van der Waals surface area contributed by atoms with Crippen LogP contribution in [0.2, 0.25) is 0 Å². The SMILES string of the molecule is CO[C@@]1(C(C)C)CC[C@](C)([O-])[C@@H](N2CCOCC2)C1.[Li+]. The van der Waals surface area contributed by atoms with Crippen LogP contribution >= 0.6 is 0 Å². The van der Waals surface area contributed by atoms with Crippen molar-refractivity contribution in [2.24, 2.45) is 5.92 Å². The zero-order valence-corrected chi connectivity index (χ0v) is 13.8. The quantitative estimate of drug-likeness (QED) is 0.562. The van der Waals surface area contributed by atoms with Gasteiger partial charge in [-0.05, 0) is 18.8 Å². The van der Waals surface area contributed by atoms with Gasteiger partial charge in [-0.3, -0.25) is 4.90 Å². The average molecular weight is 277 g/mol. The smallest absolute Gasteiger partial charge is 0.849 e. The van der Waals surface area contributed by atoms with Gasteiger partial charge in [-0.25, -0.2) is 0 Å². The van der Waals surface area contributed by atoms with Gasteiger partial charge >= 0.3 is 18.9 Å². The molecular formula is C15H28LiNO3. The third-order valence-electron chi connectivity index (χ3n) is 5.23. The molecule has 0 bridgehead atoms. The fraction of sp³-hybridized carbons (Fsp3) is 1.00. The van der Waals surface area contributed by atoms with Crippen molar-refractivity contribution in [3.63, 3.8) is 0 Å². The van der Waals surface area contributed by atoms with Gasteiger partial charge in [0.05, 0.1) is 18.8 Å². The molecular weight excluding hydrogens is 249 g/mol.